The number of H-pyrrole nitrogens is 1. The van der Waals surface area contributed by atoms with Gasteiger partial charge in [0.1, 0.15) is 5.69 Å². The Morgan fingerprint density at radius 1 is 0.952 bits per heavy atom. The first-order valence-corrected chi connectivity index (χ1v) is 6.01. The van der Waals surface area contributed by atoms with Gasteiger partial charge in [-0.2, -0.15) is 31.4 Å². The highest BCUT2D eigenvalue weighted by Crippen LogP contribution is 2.53. The van der Waals surface area contributed by atoms with Crippen molar-refractivity contribution in [3.8, 4) is 0 Å². The molecule has 1 heterocycles. The van der Waals surface area contributed by atoms with E-state index in [0.717, 1.165) is 0 Å². The lowest BCUT2D eigenvalue weighted by Crippen LogP contribution is -2.56. The van der Waals surface area contributed by atoms with Crippen LogP contribution in [-0.2, 0) is 18.8 Å². The summed E-state index contributed by atoms with van der Waals surface area (Å²) in [7, 11) is 0. The van der Waals surface area contributed by atoms with Crippen molar-refractivity contribution in [2.45, 2.75) is 49.9 Å². The largest absolute Gasteiger partial charge is 0.383 e. The number of hydrogen-bond donors (Lipinski definition) is 1. The predicted octanol–water partition coefficient (Wildman–Crippen LogP) is 3.92. The van der Waals surface area contributed by atoms with Crippen LogP contribution in [0.1, 0.15) is 29.8 Å². The van der Waals surface area contributed by atoms with Gasteiger partial charge < -0.3 is 0 Å². The highest BCUT2D eigenvalue weighted by atomic mass is 19.4. The van der Waals surface area contributed by atoms with Crippen molar-refractivity contribution in [3.63, 3.8) is 0 Å². The Bertz CT molecular complexity index is 522. The van der Waals surface area contributed by atoms with Crippen LogP contribution in [0, 0.1) is 0 Å². The summed E-state index contributed by atoms with van der Waals surface area (Å²) in [4.78, 5) is 0. The minimum absolute atomic E-state index is 0.0485. The minimum Gasteiger partial charge on any atom is -0.282 e. The standard InChI is InChI=1S/C11H10F8N2/c12-8(13)10(16,17)11(18,19)9(14,15)7-5-3-1-2-4-6(5)20-21-7/h8H,1-4H2,(H,20,21). The van der Waals surface area contributed by atoms with E-state index in [4.69, 9.17) is 0 Å². The monoisotopic (exact) mass is 322 g/mol. The zero-order chi connectivity index (χ0) is 16.1. The lowest BCUT2D eigenvalue weighted by Gasteiger charge is -2.32. The molecular weight excluding hydrogens is 312 g/mol. The lowest BCUT2D eigenvalue weighted by atomic mass is 9.91. The van der Waals surface area contributed by atoms with Gasteiger partial charge in [-0.1, -0.05) is 0 Å². The normalized spacial score (nSPS) is 17.2. The number of rotatable bonds is 4. The Morgan fingerprint density at radius 2 is 1.52 bits per heavy atom. The molecule has 0 unspecified atom stereocenters. The predicted molar refractivity (Wildman–Crippen MR) is 55.0 cm³/mol. The highest BCUT2D eigenvalue weighted by Gasteiger charge is 2.77. The Kier molecular flexibility index (Phi) is 3.69. The van der Waals surface area contributed by atoms with Gasteiger partial charge >= 0.3 is 24.2 Å². The molecule has 0 aliphatic heterocycles. The molecular formula is C11H10F8N2. The molecule has 21 heavy (non-hydrogen) atoms. The first-order chi connectivity index (χ1) is 9.53. The summed E-state index contributed by atoms with van der Waals surface area (Å²) in [5.41, 5.74) is -1.73. The lowest BCUT2D eigenvalue weighted by molar-refractivity contribution is -0.344. The molecule has 0 bridgehead atoms. The van der Waals surface area contributed by atoms with Crippen molar-refractivity contribution in [1.82, 2.24) is 10.2 Å². The Balaban J connectivity index is 2.48. The quantitative estimate of drug-likeness (QED) is 0.837. The third kappa shape index (κ3) is 2.18. The second-order valence-electron chi connectivity index (χ2n) is 4.81. The molecule has 0 spiro atoms. The van der Waals surface area contributed by atoms with Crippen molar-refractivity contribution in [2.24, 2.45) is 0 Å². The van der Waals surface area contributed by atoms with Crippen LogP contribution in [0.3, 0.4) is 0 Å². The number of aromatic nitrogens is 2. The molecule has 1 N–H and O–H groups in total. The van der Waals surface area contributed by atoms with Gasteiger partial charge in [0, 0.05) is 11.3 Å². The van der Waals surface area contributed by atoms with Crippen LogP contribution >= 0.6 is 0 Å². The van der Waals surface area contributed by atoms with Gasteiger partial charge in [0.25, 0.3) is 0 Å². The Labute approximate surface area is 113 Å². The third-order valence-corrected chi connectivity index (χ3v) is 3.44. The molecule has 10 heteroatoms. The molecule has 1 aliphatic carbocycles. The van der Waals surface area contributed by atoms with Crippen LogP contribution in [0.15, 0.2) is 0 Å². The number of alkyl halides is 8. The molecule has 0 aromatic carbocycles. The van der Waals surface area contributed by atoms with Crippen LogP contribution in [0.25, 0.3) is 0 Å². The molecule has 120 valence electrons. The maximum Gasteiger partial charge on any atom is 0.383 e. The number of nitrogens with zero attached hydrogens (tertiary/aromatic N) is 1. The molecule has 0 saturated heterocycles. The van der Waals surface area contributed by atoms with Gasteiger partial charge in [-0.15, -0.1) is 0 Å². The average molecular weight is 322 g/mol. The fourth-order valence-corrected chi connectivity index (χ4v) is 2.24. The van der Waals surface area contributed by atoms with E-state index in [1.807, 2.05) is 0 Å². The molecule has 1 aromatic rings. The molecule has 1 aliphatic rings. The molecule has 2 nitrogen and oxygen atoms in total. The summed E-state index contributed by atoms with van der Waals surface area (Å²) in [5.74, 6) is -17.9. The van der Waals surface area contributed by atoms with E-state index < -0.39 is 29.9 Å². The second-order valence-corrected chi connectivity index (χ2v) is 4.81. The topological polar surface area (TPSA) is 28.7 Å². The van der Waals surface area contributed by atoms with Gasteiger partial charge in [0.05, 0.1) is 0 Å². The fraction of sp³-hybridized carbons (Fsp3) is 0.727. The molecule has 0 atom stereocenters. The van der Waals surface area contributed by atoms with Crippen molar-refractivity contribution in [3.05, 3.63) is 17.0 Å². The van der Waals surface area contributed by atoms with E-state index in [0.29, 0.717) is 12.8 Å². The first-order valence-electron chi connectivity index (χ1n) is 6.01. The van der Waals surface area contributed by atoms with Crippen molar-refractivity contribution in [1.29, 1.82) is 0 Å². The van der Waals surface area contributed by atoms with Crippen LogP contribution in [0.5, 0.6) is 0 Å². The smallest absolute Gasteiger partial charge is 0.282 e. The van der Waals surface area contributed by atoms with Crippen molar-refractivity contribution >= 4 is 0 Å². The molecule has 2 rings (SSSR count). The fourth-order valence-electron chi connectivity index (χ4n) is 2.24. The van der Waals surface area contributed by atoms with Crippen LogP contribution in [-0.4, -0.2) is 28.5 Å². The molecule has 0 radical (unpaired) electrons. The van der Waals surface area contributed by atoms with Gasteiger partial charge in [0.15, 0.2) is 0 Å². The second kappa shape index (κ2) is 4.84. The summed E-state index contributed by atoms with van der Waals surface area (Å²) in [6.45, 7) is 0. The van der Waals surface area contributed by atoms with E-state index in [1.54, 1.807) is 0 Å². The summed E-state index contributed by atoms with van der Waals surface area (Å²) >= 11 is 0. The summed E-state index contributed by atoms with van der Waals surface area (Å²) in [6, 6.07) is 0. The zero-order valence-corrected chi connectivity index (χ0v) is 10.4. The molecule has 0 amide bonds. The molecule has 1 aromatic heterocycles. The first kappa shape index (κ1) is 16.0. The number of aromatic amines is 1. The molecule has 0 saturated carbocycles. The number of hydrogen-bond acceptors (Lipinski definition) is 1. The van der Waals surface area contributed by atoms with Gasteiger partial charge in [-0.25, -0.2) is 8.78 Å². The van der Waals surface area contributed by atoms with Gasteiger partial charge in [0.2, 0.25) is 0 Å². The number of halogens is 8. The maximum atomic E-state index is 13.8. The number of aryl methyl sites for hydroxylation is 1. The van der Waals surface area contributed by atoms with Crippen LogP contribution in [0.2, 0.25) is 0 Å². The van der Waals surface area contributed by atoms with Crippen molar-refractivity contribution < 1.29 is 35.1 Å². The summed E-state index contributed by atoms with van der Waals surface area (Å²) < 4.78 is 104. The van der Waals surface area contributed by atoms with E-state index >= 15 is 0 Å². The van der Waals surface area contributed by atoms with Gasteiger partial charge in [-0.05, 0) is 25.7 Å². The maximum absolute atomic E-state index is 13.8. The van der Waals surface area contributed by atoms with Crippen LogP contribution in [0.4, 0.5) is 35.1 Å². The van der Waals surface area contributed by atoms with E-state index in [-0.39, 0.29) is 24.1 Å². The highest BCUT2D eigenvalue weighted by molar-refractivity contribution is 5.32. The molecule has 0 fully saturated rings. The van der Waals surface area contributed by atoms with Crippen molar-refractivity contribution in [2.75, 3.05) is 0 Å². The third-order valence-electron chi connectivity index (χ3n) is 3.44. The number of fused-ring (bicyclic) bond motifs is 1. The zero-order valence-electron chi connectivity index (χ0n) is 10.4. The number of nitrogens with one attached hydrogen (secondary N) is 1. The SMILES string of the molecule is FC(F)C(F)(F)C(F)(F)C(F)(F)c1n[nH]c2c1CCCC2. The average Bonchev–Trinajstić information content (AvgIpc) is 2.82. The van der Waals surface area contributed by atoms with E-state index in [9.17, 15) is 35.1 Å². The van der Waals surface area contributed by atoms with E-state index in [1.165, 1.54) is 0 Å². The Hall–Kier alpha value is -1.35. The summed E-state index contributed by atoms with van der Waals surface area (Å²) in [6.07, 6.45) is -3.72. The summed E-state index contributed by atoms with van der Waals surface area (Å²) in [5, 5.41) is 5.06. The van der Waals surface area contributed by atoms with Gasteiger partial charge in [-0.3, -0.25) is 5.10 Å². The minimum atomic E-state index is -6.26. The Morgan fingerprint density at radius 3 is 2.10 bits per heavy atom. The van der Waals surface area contributed by atoms with Crippen LogP contribution < -0.4 is 0 Å². The van der Waals surface area contributed by atoms with E-state index in [2.05, 4.69) is 10.2 Å².